The number of likely N-dealkylation sites (tertiary alicyclic amines) is 1. The molecule has 4 rings (SSSR count). The quantitative estimate of drug-likeness (QED) is 0.580. The van der Waals surface area contributed by atoms with Gasteiger partial charge in [0.05, 0.1) is 16.6 Å². The lowest BCUT2D eigenvalue weighted by Gasteiger charge is -2.33. The van der Waals surface area contributed by atoms with E-state index in [4.69, 9.17) is 0 Å². The van der Waals surface area contributed by atoms with Crippen molar-refractivity contribution in [2.75, 3.05) is 17.2 Å². The molecule has 1 fully saturated rings. The number of fused-ring (bicyclic) bond motifs is 1. The molecule has 3 amide bonds. The summed E-state index contributed by atoms with van der Waals surface area (Å²) in [6, 6.07) is 6.97. The van der Waals surface area contributed by atoms with Gasteiger partial charge in [-0.3, -0.25) is 23.7 Å². The largest absolute Gasteiger partial charge is 0.338 e. The molecule has 1 unspecified atom stereocenters. The summed E-state index contributed by atoms with van der Waals surface area (Å²) in [5.74, 6) is -0.676. The average Bonchev–Trinajstić information content (AvgIpc) is 3.13. The number of rotatable bonds is 5. The monoisotopic (exact) mass is 481 g/mol. The summed E-state index contributed by atoms with van der Waals surface area (Å²) < 4.78 is 1.32. The molecule has 1 aromatic carbocycles. The summed E-state index contributed by atoms with van der Waals surface area (Å²) in [6.45, 7) is 5.78. The van der Waals surface area contributed by atoms with Crippen molar-refractivity contribution in [1.82, 2.24) is 14.5 Å². The van der Waals surface area contributed by atoms with E-state index in [0.717, 1.165) is 30.6 Å². The lowest BCUT2D eigenvalue weighted by molar-refractivity contribution is -0.135. The van der Waals surface area contributed by atoms with Gasteiger partial charge in [-0.15, -0.1) is 11.3 Å². The van der Waals surface area contributed by atoms with Crippen LogP contribution in [0.5, 0.6) is 0 Å². The molecule has 1 saturated heterocycles. The number of benzene rings is 1. The van der Waals surface area contributed by atoms with Crippen molar-refractivity contribution in [3.05, 3.63) is 51.4 Å². The number of anilines is 2. The van der Waals surface area contributed by atoms with Gasteiger partial charge in [-0.2, -0.15) is 0 Å². The van der Waals surface area contributed by atoms with Gasteiger partial charge < -0.3 is 15.5 Å². The van der Waals surface area contributed by atoms with E-state index >= 15 is 0 Å². The van der Waals surface area contributed by atoms with Crippen molar-refractivity contribution >= 4 is 50.6 Å². The highest BCUT2D eigenvalue weighted by atomic mass is 32.1. The maximum atomic E-state index is 13.2. The lowest BCUT2D eigenvalue weighted by Crippen LogP contribution is -2.44. The van der Waals surface area contributed by atoms with Crippen LogP contribution >= 0.6 is 11.3 Å². The van der Waals surface area contributed by atoms with Gasteiger partial charge in [0, 0.05) is 30.9 Å². The molecule has 2 N–H and O–H groups in total. The van der Waals surface area contributed by atoms with Crippen LogP contribution in [0.1, 0.15) is 48.3 Å². The number of aryl methyl sites for hydroxylation is 1. The van der Waals surface area contributed by atoms with Gasteiger partial charge in [0.2, 0.25) is 11.8 Å². The van der Waals surface area contributed by atoms with Crippen LogP contribution in [0.4, 0.5) is 11.4 Å². The van der Waals surface area contributed by atoms with Crippen molar-refractivity contribution in [2.24, 2.45) is 0 Å². The van der Waals surface area contributed by atoms with Crippen LogP contribution in [0.25, 0.3) is 10.2 Å². The van der Waals surface area contributed by atoms with Gasteiger partial charge in [-0.1, -0.05) is 6.07 Å². The summed E-state index contributed by atoms with van der Waals surface area (Å²) in [7, 11) is 0. The Morgan fingerprint density at radius 2 is 1.91 bits per heavy atom. The molecule has 1 aliphatic rings. The molecule has 0 saturated carbocycles. The number of carbonyl (C=O) groups excluding carboxylic acids is 3. The van der Waals surface area contributed by atoms with E-state index in [1.807, 2.05) is 11.8 Å². The number of hydrogen-bond donors (Lipinski definition) is 2. The summed E-state index contributed by atoms with van der Waals surface area (Å²) in [5.41, 5.74) is 1.28. The van der Waals surface area contributed by atoms with E-state index in [1.165, 1.54) is 17.8 Å². The molecule has 0 spiro atoms. The Bertz CT molecular complexity index is 1330. The van der Waals surface area contributed by atoms with Gasteiger partial charge in [-0.05, 0) is 56.9 Å². The molecule has 3 aromatic rings. The number of amides is 3. The normalized spacial score (nSPS) is 15.9. The van der Waals surface area contributed by atoms with Crippen LogP contribution in [0.3, 0.4) is 0 Å². The van der Waals surface area contributed by atoms with E-state index in [0.29, 0.717) is 38.6 Å². The molecular formula is C24H27N5O4S. The minimum Gasteiger partial charge on any atom is -0.338 e. The molecule has 0 radical (unpaired) electrons. The predicted molar refractivity (Wildman–Crippen MR) is 132 cm³/mol. The standard InChI is InChI=1S/C24H27N5O4S/c1-14-7-4-5-10-29(14)19(31)12-28-13-25-23-20(24(28)33)15(2)21(34-23)22(32)27-18-9-6-8-17(11-18)26-16(3)30/h6,8-9,11,13-14H,4-5,7,10,12H2,1-3H3,(H,26,30)(H,27,32). The number of hydrogen-bond acceptors (Lipinski definition) is 6. The topological polar surface area (TPSA) is 113 Å². The van der Waals surface area contributed by atoms with Crippen LogP contribution in [-0.2, 0) is 16.1 Å². The first kappa shape index (κ1) is 23.6. The SMILES string of the molecule is CC(=O)Nc1cccc(NC(=O)c2sc3ncn(CC(=O)N4CCCCC4C)c(=O)c3c2C)c1. The molecule has 1 atom stereocenters. The minimum atomic E-state index is -0.371. The highest BCUT2D eigenvalue weighted by molar-refractivity contribution is 7.20. The smallest absolute Gasteiger partial charge is 0.266 e. The molecule has 178 valence electrons. The van der Waals surface area contributed by atoms with Crippen LogP contribution in [0, 0.1) is 6.92 Å². The molecule has 10 heteroatoms. The fraction of sp³-hybridized carbons (Fsp3) is 0.375. The molecule has 1 aliphatic heterocycles. The zero-order valence-electron chi connectivity index (χ0n) is 19.4. The molecule has 0 aliphatic carbocycles. The van der Waals surface area contributed by atoms with Gasteiger partial charge in [-0.25, -0.2) is 4.98 Å². The molecule has 34 heavy (non-hydrogen) atoms. The van der Waals surface area contributed by atoms with Gasteiger partial charge in [0.1, 0.15) is 11.4 Å². The number of nitrogens with one attached hydrogen (secondary N) is 2. The second kappa shape index (κ2) is 9.76. The first-order chi connectivity index (χ1) is 16.2. The van der Waals surface area contributed by atoms with E-state index in [9.17, 15) is 19.2 Å². The number of nitrogens with zero attached hydrogens (tertiary/aromatic N) is 3. The summed E-state index contributed by atoms with van der Waals surface area (Å²) in [5, 5.41) is 5.84. The number of carbonyl (C=O) groups is 3. The molecular weight excluding hydrogens is 454 g/mol. The van der Waals surface area contributed by atoms with Gasteiger partial charge in [0.15, 0.2) is 0 Å². The third kappa shape index (κ3) is 4.86. The maximum absolute atomic E-state index is 13.2. The van der Waals surface area contributed by atoms with Gasteiger partial charge >= 0.3 is 0 Å². The Kier molecular flexibility index (Phi) is 6.78. The first-order valence-electron chi connectivity index (χ1n) is 11.2. The minimum absolute atomic E-state index is 0.0706. The Morgan fingerprint density at radius 1 is 1.18 bits per heavy atom. The maximum Gasteiger partial charge on any atom is 0.266 e. The number of piperidine rings is 1. The molecule has 3 heterocycles. The average molecular weight is 482 g/mol. The first-order valence-corrected chi connectivity index (χ1v) is 12.0. The Hall–Kier alpha value is -3.53. The lowest BCUT2D eigenvalue weighted by atomic mass is 10.0. The summed E-state index contributed by atoms with van der Waals surface area (Å²) in [6.07, 6.45) is 4.42. The van der Waals surface area contributed by atoms with Crippen molar-refractivity contribution < 1.29 is 14.4 Å². The highest BCUT2D eigenvalue weighted by Crippen LogP contribution is 2.28. The van der Waals surface area contributed by atoms with Crippen molar-refractivity contribution in [2.45, 2.75) is 52.6 Å². The fourth-order valence-corrected chi connectivity index (χ4v) is 5.29. The van der Waals surface area contributed by atoms with Gasteiger partial charge in [0.25, 0.3) is 11.5 Å². The van der Waals surface area contributed by atoms with Crippen LogP contribution in [-0.4, -0.2) is 44.8 Å². The zero-order chi connectivity index (χ0) is 24.4. The van der Waals surface area contributed by atoms with Crippen LogP contribution < -0.4 is 16.2 Å². The van der Waals surface area contributed by atoms with Crippen LogP contribution in [0.15, 0.2) is 35.4 Å². The van der Waals surface area contributed by atoms with E-state index in [-0.39, 0.29) is 35.9 Å². The van der Waals surface area contributed by atoms with Crippen molar-refractivity contribution in [3.8, 4) is 0 Å². The second-order valence-electron chi connectivity index (χ2n) is 8.56. The van der Waals surface area contributed by atoms with Crippen molar-refractivity contribution in [1.29, 1.82) is 0 Å². The zero-order valence-corrected chi connectivity index (χ0v) is 20.2. The molecule has 2 aromatic heterocycles. The Labute approximate surface area is 200 Å². The Morgan fingerprint density at radius 3 is 2.62 bits per heavy atom. The highest BCUT2D eigenvalue weighted by Gasteiger charge is 2.25. The summed E-state index contributed by atoms with van der Waals surface area (Å²) in [4.78, 5) is 57.3. The fourth-order valence-electron chi connectivity index (χ4n) is 4.26. The van der Waals surface area contributed by atoms with E-state index < -0.39 is 0 Å². The third-order valence-electron chi connectivity index (χ3n) is 5.99. The molecule has 9 nitrogen and oxygen atoms in total. The summed E-state index contributed by atoms with van der Waals surface area (Å²) >= 11 is 1.13. The van der Waals surface area contributed by atoms with Crippen molar-refractivity contribution in [3.63, 3.8) is 0 Å². The second-order valence-corrected chi connectivity index (χ2v) is 9.56. The van der Waals surface area contributed by atoms with E-state index in [2.05, 4.69) is 15.6 Å². The van der Waals surface area contributed by atoms with Crippen LogP contribution in [0.2, 0.25) is 0 Å². The molecule has 0 bridgehead atoms. The predicted octanol–water partition coefficient (Wildman–Crippen LogP) is 3.38. The Balaban J connectivity index is 1.57. The number of aromatic nitrogens is 2. The number of thiophene rings is 1. The third-order valence-corrected chi connectivity index (χ3v) is 7.19. The van der Waals surface area contributed by atoms with E-state index in [1.54, 1.807) is 31.2 Å².